The fourth-order valence-electron chi connectivity index (χ4n) is 2.25. The number of para-hydroxylation sites is 2. The van der Waals surface area contributed by atoms with Crippen molar-refractivity contribution in [2.75, 3.05) is 17.7 Å². The fourth-order valence-corrected chi connectivity index (χ4v) is 2.25. The van der Waals surface area contributed by atoms with Crippen molar-refractivity contribution in [2.24, 2.45) is 0 Å². The minimum Gasteiger partial charge on any atom is -0.491 e. The van der Waals surface area contributed by atoms with E-state index in [-0.39, 0.29) is 0 Å². The highest BCUT2D eigenvalue weighted by Crippen LogP contribution is 2.34. The molecule has 3 heteroatoms. The van der Waals surface area contributed by atoms with Gasteiger partial charge >= 0.3 is 0 Å². The van der Waals surface area contributed by atoms with Crippen LogP contribution >= 0.6 is 0 Å². The number of benzene rings is 2. The molecule has 0 aliphatic rings. The average molecular weight is 284 g/mol. The maximum Gasteiger partial charge on any atom is 0.144 e. The van der Waals surface area contributed by atoms with Crippen molar-refractivity contribution in [2.45, 2.75) is 33.1 Å². The fraction of sp³-hybridized carbons (Fsp3) is 0.333. The molecule has 0 bridgehead atoms. The van der Waals surface area contributed by atoms with Gasteiger partial charge in [0.05, 0.1) is 18.0 Å². The molecule has 2 aromatic rings. The van der Waals surface area contributed by atoms with E-state index in [1.54, 1.807) is 0 Å². The van der Waals surface area contributed by atoms with Crippen molar-refractivity contribution in [1.29, 1.82) is 0 Å². The maximum atomic E-state index is 6.21. The van der Waals surface area contributed by atoms with Gasteiger partial charge in [0.15, 0.2) is 0 Å². The van der Waals surface area contributed by atoms with Crippen molar-refractivity contribution in [1.82, 2.24) is 0 Å². The highest BCUT2D eigenvalue weighted by atomic mass is 16.5. The number of ether oxygens (including phenoxy) is 1. The van der Waals surface area contributed by atoms with Crippen LogP contribution in [-0.4, -0.2) is 6.61 Å². The summed E-state index contributed by atoms with van der Waals surface area (Å²) in [5.74, 6) is 1.19. The van der Waals surface area contributed by atoms with Gasteiger partial charge in [0, 0.05) is 5.69 Å². The monoisotopic (exact) mass is 284 g/mol. The molecule has 0 heterocycles. The van der Waals surface area contributed by atoms with E-state index in [0.29, 0.717) is 18.2 Å². The second-order valence-corrected chi connectivity index (χ2v) is 5.43. The van der Waals surface area contributed by atoms with E-state index >= 15 is 0 Å². The number of anilines is 3. The van der Waals surface area contributed by atoms with Crippen LogP contribution in [0.15, 0.2) is 42.5 Å². The van der Waals surface area contributed by atoms with Crippen molar-refractivity contribution >= 4 is 17.1 Å². The minimum absolute atomic E-state index is 0.453. The third kappa shape index (κ3) is 3.69. The molecule has 3 N–H and O–H groups in total. The lowest BCUT2D eigenvalue weighted by atomic mass is 10.0. The third-order valence-corrected chi connectivity index (χ3v) is 3.38. The molecule has 0 saturated heterocycles. The summed E-state index contributed by atoms with van der Waals surface area (Å²) >= 11 is 0. The van der Waals surface area contributed by atoms with E-state index < -0.39 is 0 Å². The Balaban J connectivity index is 2.28. The Morgan fingerprint density at radius 3 is 2.48 bits per heavy atom. The molecular formula is C18H24N2O. The molecule has 3 nitrogen and oxygen atoms in total. The molecule has 112 valence electrons. The summed E-state index contributed by atoms with van der Waals surface area (Å²) in [6.45, 7) is 7.13. The number of nitrogens with one attached hydrogen (secondary N) is 1. The lowest BCUT2D eigenvalue weighted by Gasteiger charge is -2.17. The second-order valence-electron chi connectivity index (χ2n) is 5.43. The van der Waals surface area contributed by atoms with Gasteiger partial charge in [-0.25, -0.2) is 0 Å². The lowest BCUT2D eigenvalue weighted by Crippen LogP contribution is -2.03. The third-order valence-electron chi connectivity index (χ3n) is 3.38. The molecule has 0 spiro atoms. The molecule has 2 aromatic carbocycles. The van der Waals surface area contributed by atoms with Crippen LogP contribution in [0.4, 0.5) is 17.1 Å². The summed E-state index contributed by atoms with van der Waals surface area (Å²) in [6, 6.07) is 14.2. The quantitative estimate of drug-likeness (QED) is 0.740. The van der Waals surface area contributed by atoms with Crippen LogP contribution in [0.5, 0.6) is 5.75 Å². The Bertz CT molecular complexity index is 594. The van der Waals surface area contributed by atoms with Crippen LogP contribution in [0.25, 0.3) is 0 Å². The van der Waals surface area contributed by atoms with Crippen molar-refractivity contribution in [3.05, 3.63) is 48.0 Å². The molecule has 2 rings (SSSR count). The van der Waals surface area contributed by atoms with Crippen LogP contribution < -0.4 is 15.8 Å². The van der Waals surface area contributed by atoms with Crippen LogP contribution in [-0.2, 0) is 0 Å². The van der Waals surface area contributed by atoms with Gasteiger partial charge in [-0.3, -0.25) is 0 Å². The summed E-state index contributed by atoms with van der Waals surface area (Å²) in [7, 11) is 0. The van der Waals surface area contributed by atoms with Crippen molar-refractivity contribution in [3.8, 4) is 5.75 Å². The average Bonchev–Trinajstić information content (AvgIpc) is 2.48. The Morgan fingerprint density at radius 2 is 1.76 bits per heavy atom. The zero-order valence-corrected chi connectivity index (χ0v) is 13.0. The first-order valence-electron chi connectivity index (χ1n) is 7.50. The van der Waals surface area contributed by atoms with Gasteiger partial charge in [-0.15, -0.1) is 0 Å². The first kappa shape index (κ1) is 15.2. The highest BCUT2D eigenvalue weighted by Gasteiger charge is 2.10. The maximum absolute atomic E-state index is 6.21. The van der Waals surface area contributed by atoms with Crippen LogP contribution in [0, 0.1) is 0 Å². The summed E-state index contributed by atoms with van der Waals surface area (Å²) < 4.78 is 5.68. The van der Waals surface area contributed by atoms with Crippen LogP contribution in [0.3, 0.4) is 0 Å². The number of nitrogens with two attached hydrogens (primary N) is 1. The second kappa shape index (κ2) is 7.02. The number of hydrogen-bond acceptors (Lipinski definition) is 3. The predicted octanol–water partition coefficient (Wildman–Crippen LogP) is 4.92. The standard InChI is InChI=1S/C18H24N2O/c1-4-12-21-17-11-7-10-16(18(17)19)20-15-9-6-5-8-14(15)13(2)3/h5-11,13,20H,4,12,19H2,1-3H3. The highest BCUT2D eigenvalue weighted by molar-refractivity contribution is 5.78. The SMILES string of the molecule is CCCOc1cccc(Nc2ccccc2C(C)C)c1N. The molecule has 0 amide bonds. The molecule has 0 saturated carbocycles. The van der Waals surface area contributed by atoms with Crippen molar-refractivity contribution < 1.29 is 4.74 Å². The van der Waals surface area contributed by atoms with Crippen LogP contribution in [0.2, 0.25) is 0 Å². The molecule has 0 unspecified atom stereocenters. The topological polar surface area (TPSA) is 47.3 Å². The zero-order chi connectivity index (χ0) is 15.2. The van der Waals surface area contributed by atoms with Crippen molar-refractivity contribution in [3.63, 3.8) is 0 Å². The van der Waals surface area contributed by atoms with Gasteiger partial charge < -0.3 is 15.8 Å². The van der Waals surface area contributed by atoms with E-state index in [4.69, 9.17) is 10.5 Å². The van der Waals surface area contributed by atoms with Gasteiger partial charge in [0.2, 0.25) is 0 Å². The minimum atomic E-state index is 0.453. The number of hydrogen-bond donors (Lipinski definition) is 2. The van der Waals surface area contributed by atoms with Gasteiger partial charge in [-0.05, 0) is 36.1 Å². The molecule has 21 heavy (non-hydrogen) atoms. The predicted molar refractivity (Wildman–Crippen MR) is 90.5 cm³/mol. The van der Waals surface area contributed by atoms with Gasteiger partial charge in [-0.1, -0.05) is 45.0 Å². The Morgan fingerprint density at radius 1 is 1.05 bits per heavy atom. The number of rotatable bonds is 6. The van der Waals surface area contributed by atoms with E-state index in [9.17, 15) is 0 Å². The lowest BCUT2D eigenvalue weighted by molar-refractivity contribution is 0.319. The summed E-state index contributed by atoms with van der Waals surface area (Å²) in [4.78, 5) is 0. The summed E-state index contributed by atoms with van der Waals surface area (Å²) in [6.07, 6.45) is 0.966. The molecule has 0 fully saturated rings. The smallest absolute Gasteiger partial charge is 0.144 e. The van der Waals surface area contributed by atoms with Gasteiger partial charge in [-0.2, -0.15) is 0 Å². The molecule has 0 aliphatic carbocycles. The molecule has 0 atom stereocenters. The molecular weight excluding hydrogens is 260 g/mol. The Labute approximate surface area is 127 Å². The van der Waals surface area contributed by atoms with E-state index in [1.807, 2.05) is 24.3 Å². The number of nitrogen functional groups attached to an aromatic ring is 1. The normalized spacial score (nSPS) is 10.7. The molecule has 0 aromatic heterocycles. The van der Waals surface area contributed by atoms with E-state index in [0.717, 1.165) is 23.5 Å². The van der Waals surface area contributed by atoms with Crippen LogP contribution in [0.1, 0.15) is 38.7 Å². The molecule has 0 aliphatic heterocycles. The largest absolute Gasteiger partial charge is 0.491 e. The molecule has 0 radical (unpaired) electrons. The zero-order valence-electron chi connectivity index (χ0n) is 13.0. The van der Waals surface area contributed by atoms with Gasteiger partial charge in [0.25, 0.3) is 0 Å². The summed E-state index contributed by atoms with van der Waals surface area (Å²) in [5, 5.41) is 3.43. The summed E-state index contributed by atoms with van der Waals surface area (Å²) in [5.41, 5.74) is 10.1. The van der Waals surface area contributed by atoms with E-state index in [2.05, 4.69) is 44.3 Å². The van der Waals surface area contributed by atoms with Gasteiger partial charge in [0.1, 0.15) is 5.75 Å². The van der Waals surface area contributed by atoms with E-state index in [1.165, 1.54) is 5.56 Å². The first-order chi connectivity index (χ1) is 10.1. The first-order valence-corrected chi connectivity index (χ1v) is 7.50. The Kier molecular flexibility index (Phi) is 5.09. The Hall–Kier alpha value is -2.16.